The van der Waals surface area contributed by atoms with Crippen LogP contribution in [0.5, 0.6) is 0 Å². The normalized spacial score (nSPS) is 31.2. The van der Waals surface area contributed by atoms with Crippen LogP contribution in [0.3, 0.4) is 0 Å². The Labute approximate surface area is 159 Å². The molecule has 1 aromatic heterocycles. The fourth-order valence-corrected chi connectivity index (χ4v) is 6.33. The molecular weight excluding hydrogens is 341 g/mol. The summed E-state index contributed by atoms with van der Waals surface area (Å²) in [7, 11) is 0. The summed E-state index contributed by atoms with van der Waals surface area (Å²) in [6, 6.07) is 8.39. The minimum absolute atomic E-state index is 0.136. The first kappa shape index (κ1) is 17.0. The zero-order valence-corrected chi connectivity index (χ0v) is 15.5. The van der Waals surface area contributed by atoms with Crippen molar-refractivity contribution >= 4 is 5.91 Å². The van der Waals surface area contributed by atoms with E-state index in [4.69, 9.17) is 0 Å². The van der Waals surface area contributed by atoms with Crippen LogP contribution < -0.4 is 5.32 Å². The van der Waals surface area contributed by atoms with Gasteiger partial charge in [0, 0.05) is 12.6 Å². The van der Waals surface area contributed by atoms with Gasteiger partial charge < -0.3 is 5.32 Å². The van der Waals surface area contributed by atoms with Crippen LogP contribution in [0.25, 0.3) is 5.69 Å². The van der Waals surface area contributed by atoms with Crippen LogP contribution in [0.4, 0.5) is 4.39 Å². The number of amides is 1. The van der Waals surface area contributed by atoms with E-state index in [-0.39, 0.29) is 17.1 Å². The van der Waals surface area contributed by atoms with Crippen molar-refractivity contribution in [3.63, 3.8) is 0 Å². The molecule has 142 valence electrons. The number of hydrogen-bond donors (Lipinski definition) is 1. The summed E-state index contributed by atoms with van der Waals surface area (Å²) in [5.41, 5.74) is 1.42. The third-order valence-electron chi connectivity index (χ3n) is 6.91. The van der Waals surface area contributed by atoms with Crippen LogP contribution in [0.15, 0.2) is 36.5 Å². The van der Waals surface area contributed by atoms with Gasteiger partial charge in [-0.05, 0) is 79.9 Å². The second-order valence-corrected chi connectivity index (χ2v) is 9.07. The van der Waals surface area contributed by atoms with Gasteiger partial charge in [0.1, 0.15) is 11.5 Å². The predicted octanol–water partition coefficient (Wildman–Crippen LogP) is 4.23. The highest BCUT2D eigenvalue weighted by atomic mass is 19.1. The fourth-order valence-electron chi connectivity index (χ4n) is 6.33. The smallest absolute Gasteiger partial charge is 0.220 e. The Morgan fingerprint density at radius 2 is 1.78 bits per heavy atom. The topological polar surface area (TPSA) is 46.9 Å². The molecule has 4 bridgehead atoms. The van der Waals surface area contributed by atoms with Crippen molar-refractivity contribution in [3.8, 4) is 5.69 Å². The molecule has 1 aromatic carbocycles. The molecule has 0 spiro atoms. The number of aromatic nitrogens is 2. The summed E-state index contributed by atoms with van der Waals surface area (Å²) in [4.78, 5) is 12.6. The van der Waals surface area contributed by atoms with E-state index in [1.54, 1.807) is 24.4 Å². The molecule has 0 aliphatic heterocycles. The Hall–Kier alpha value is -2.17. The van der Waals surface area contributed by atoms with Gasteiger partial charge in [-0.1, -0.05) is 12.1 Å². The summed E-state index contributed by atoms with van der Waals surface area (Å²) in [6.07, 6.45) is 10.3. The quantitative estimate of drug-likeness (QED) is 0.859. The monoisotopic (exact) mass is 367 g/mol. The molecule has 0 radical (unpaired) electrons. The van der Waals surface area contributed by atoms with Crippen molar-refractivity contribution in [2.45, 2.75) is 51.5 Å². The molecule has 4 fully saturated rings. The van der Waals surface area contributed by atoms with Crippen LogP contribution in [-0.2, 0) is 11.3 Å². The van der Waals surface area contributed by atoms with Crippen molar-refractivity contribution < 1.29 is 9.18 Å². The molecule has 4 nitrogen and oxygen atoms in total. The first-order valence-corrected chi connectivity index (χ1v) is 10.1. The predicted molar refractivity (Wildman–Crippen MR) is 101 cm³/mol. The van der Waals surface area contributed by atoms with Gasteiger partial charge in [0.15, 0.2) is 0 Å². The first-order chi connectivity index (χ1) is 13.1. The molecule has 1 amide bonds. The van der Waals surface area contributed by atoms with Gasteiger partial charge in [0.2, 0.25) is 5.91 Å². The number of para-hydroxylation sites is 1. The number of carbonyl (C=O) groups is 1. The van der Waals surface area contributed by atoms with Crippen molar-refractivity contribution in [2.75, 3.05) is 0 Å². The Morgan fingerprint density at radius 3 is 2.44 bits per heavy atom. The maximum Gasteiger partial charge on any atom is 0.220 e. The SMILES string of the molecule is O=C(CC12CC3CC(CC(C3)C1)C2)NCc1ccn(-c2ccccc2F)n1. The number of nitrogens with zero attached hydrogens (tertiary/aromatic N) is 2. The lowest BCUT2D eigenvalue weighted by Gasteiger charge is -2.56. The van der Waals surface area contributed by atoms with Gasteiger partial charge in [0.05, 0.1) is 12.2 Å². The number of nitrogens with one attached hydrogen (secondary N) is 1. The highest BCUT2D eigenvalue weighted by molar-refractivity contribution is 5.76. The largest absolute Gasteiger partial charge is 0.350 e. The highest BCUT2D eigenvalue weighted by Gasteiger charge is 2.51. The minimum atomic E-state index is -0.307. The molecule has 4 aliphatic carbocycles. The maximum absolute atomic E-state index is 13.9. The summed E-state index contributed by atoms with van der Waals surface area (Å²) in [5, 5.41) is 7.45. The Kier molecular flexibility index (Phi) is 4.06. The zero-order chi connectivity index (χ0) is 18.4. The Morgan fingerprint density at radius 1 is 1.11 bits per heavy atom. The van der Waals surface area contributed by atoms with E-state index in [0.29, 0.717) is 18.7 Å². The molecule has 0 unspecified atom stereocenters. The fraction of sp³-hybridized carbons (Fsp3) is 0.545. The maximum atomic E-state index is 13.9. The van der Waals surface area contributed by atoms with Crippen molar-refractivity contribution in [2.24, 2.45) is 23.2 Å². The van der Waals surface area contributed by atoms with Crippen molar-refractivity contribution in [3.05, 3.63) is 48.0 Å². The summed E-state index contributed by atoms with van der Waals surface area (Å²) >= 11 is 0. The van der Waals surface area contributed by atoms with E-state index in [2.05, 4.69) is 10.4 Å². The van der Waals surface area contributed by atoms with E-state index in [9.17, 15) is 9.18 Å². The minimum Gasteiger partial charge on any atom is -0.350 e. The van der Waals surface area contributed by atoms with Crippen LogP contribution >= 0.6 is 0 Å². The Balaban J connectivity index is 1.20. The average molecular weight is 367 g/mol. The molecule has 6 rings (SSSR count). The van der Waals surface area contributed by atoms with E-state index >= 15 is 0 Å². The average Bonchev–Trinajstić information content (AvgIpc) is 3.07. The second-order valence-electron chi connectivity index (χ2n) is 9.07. The molecule has 0 saturated heterocycles. The molecule has 27 heavy (non-hydrogen) atoms. The number of halogens is 1. The molecule has 5 heteroatoms. The van der Waals surface area contributed by atoms with Crippen LogP contribution in [0.2, 0.25) is 0 Å². The molecule has 2 aromatic rings. The van der Waals surface area contributed by atoms with Crippen LogP contribution in [-0.4, -0.2) is 15.7 Å². The van der Waals surface area contributed by atoms with Crippen molar-refractivity contribution in [1.82, 2.24) is 15.1 Å². The molecule has 4 aliphatic rings. The molecule has 1 heterocycles. The Bertz CT molecular complexity index is 823. The first-order valence-electron chi connectivity index (χ1n) is 10.1. The van der Waals surface area contributed by atoms with Gasteiger partial charge in [-0.3, -0.25) is 4.79 Å². The molecule has 4 saturated carbocycles. The highest BCUT2D eigenvalue weighted by Crippen LogP contribution is 2.61. The van der Waals surface area contributed by atoms with E-state index in [1.807, 2.05) is 6.07 Å². The lowest BCUT2D eigenvalue weighted by Crippen LogP contribution is -2.47. The van der Waals surface area contributed by atoms with Crippen LogP contribution in [0.1, 0.15) is 50.6 Å². The third kappa shape index (κ3) is 3.28. The number of rotatable bonds is 5. The number of benzene rings is 1. The second kappa shape index (κ2) is 6.47. The van der Waals surface area contributed by atoms with Gasteiger partial charge in [0.25, 0.3) is 0 Å². The van der Waals surface area contributed by atoms with Gasteiger partial charge in [-0.2, -0.15) is 5.10 Å². The van der Waals surface area contributed by atoms with Crippen molar-refractivity contribution in [1.29, 1.82) is 0 Å². The zero-order valence-electron chi connectivity index (χ0n) is 15.5. The van der Waals surface area contributed by atoms with Crippen LogP contribution in [0, 0.1) is 29.0 Å². The number of carbonyl (C=O) groups excluding carboxylic acids is 1. The van der Waals surface area contributed by atoms with E-state index < -0.39 is 0 Å². The third-order valence-corrected chi connectivity index (χ3v) is 6.91. The summed E-state index contributed by atoms with van der Waals surface area (Å²) in [5.74, 6) is 2.41. The lowest BCUT2D eigenvalue weighted by atomic mass is 9.49. The molecule has 0 atom stereocenters. The van der Waals surface area contributed by atoms with Gasteiger partial charge in [-0.25, -0.2) is 9.07 Å². The summed E-state index contributed by atoms with van der Waals surface area (Å²) in [6.45, 7) is 0.395. The molecular formula is C22H26FN3O. The van der Waals surface area contributed by atoms with Gasteiger partial charge in [-0.15, -0.1) is 0 Å². The number of hydrogen-bond acceptors (Lipinski definition) is 2. The van der Waals surface area contributed by atoms with Gasteiger partial charge >= 0.3 is 0 Å². The standard InChI is InChI=1S/C22H26FN3O/c23-19-3-1-2-4-20(19)26-6-5-18(25-26)14-24-21(27)13-22-10-15-7-16(11-22)9-17(8-15)12-22/h1-6,15-17H,7-14H2,(H,24,27). The lowest BCUT2D eigenvalue weighted by molar-refractivity contribution is -0.129. The van der Waals surface area contributed by atoms with E-state index in [1.165, 1.54) is 49.3 Å². The van der Waals surface area contributed by atoms with E-state index in [0.717, 1.165) is 23.4 Å². The molecule has 1 N–H and O–H groups in total. The summed E-state index contributed by atoms with van der Waals surface area (Å²) < 4.78 is 15.4.